The van der Waals surface area contributed by atoms with E-state index in [9.17, 15) is 4.79 Å². The number of benzene rings is 1. The normalized spacial score (nSPS) is 10.2. The molecule has 0 spiro atoms. The van der Waals surface area contributed by atoms with E-state index >= 15 is 0 Å². The van der Waals surface area contributed by atoms with Gasteiger partial charge in [0.05, 0.1) is 7.11 Å². The lowest BCUT2D eigenvalue weighted by Crippen LogP contribution is -2.28. The molecule has 0 aliphatic carbocycles. The van der Waals surface area contributed by atoms with Crippen LogP contribution >= 0.6 is 0 Å². The predicted molar refractivity (Wildman–Crippen MR) is 96.4 cm³/mol. The Labute approximate surface area is 142 Å². The number of hydrogen-bond acceptors (Lipinski definition) is 6. The second kappa shape index (κ2) is 7.16. The summed E-state index contributed by atoms with van der Waals surface area (Å²) in [7, 11) is 10.8. The quantitative estimate of drug-likeness (QED) is 0.835. The van der Waals surface area contributed by atoms with Crippen molar-refractivity contribution in [2.45, 2.75) is 0 Å². The van der Waals surface area contributed by atoms with Crippen molar-refractivity contribution in [3.05, 3.63) is 36.0 Å². The fourth-order valence-electron chi connectivity index (χ4n) is 2.06. The van der Waals surface area contributed by atoms with Gasteiger partial charge in [0.1, 0.15) is 17.3 Å². The van der Waals surface area contributed by atoms with E-state index in [1.165, 1.54) is 0 Å². The Kier molecular flexibility index (Phi) is 5.23. The molecule has 7 heteroatoms. The Balaban J connectivity index is 2.36. The second-order valence-electron chi connectivity index (χ2n) is 5.76. The average molecular weight is 329 g/mol. The van der Waals surface area contributed by atoms with Gasteiger partial charge >= 0.3 is 0 Å². The molecule has 0 atom stereocenters. The molecule has 0 aliphatic heterocycles. The number of hydrogen-bond donors (Lipinski definition) is 0. The van der Waals surface area contributed by atoms with E-state index in [1.807, 2.05) is 57.4 Å². The van der Waals surface area contributed by atoms with Crippen LogP contribution in [0.1, 0.15) is 10.5 Å². The van der Waals surface area contributed by atoms with Crippen LogP contribution in [0.15, 0.2) is 30.3 Å². The SMILES string of the molecule is COc1ccc(N(C)C(=O)c2cc(N(C)C)nc(N(C)C)n2)cc1. The molecule has 2 rings (SSSR count). The Morgan fingerprint density at radius 2 is 1.58 bits per heavy atom. The zero-order valence-electron chi connectivity index (χ0n) is 14.9. The summed E-state index contributed by atoms with van der Waals surface area (Å²) in [5.74, 6) is 1.72. The summed E-state index contributed by atoms with van der Waals surface area (Å²) in [5.41, 5.74) is 1.10. The maximum absolute atomic E-state index is 12.8. The number of rotatable bonds is 5. The van der Waals surface area contributed by atoms with Crippen LogP contribution in [0, 0.1) is 0 Å². The minimum absolute atomic E-state index is 0.200. The summed E-state index contributed by atoms with van der Waals surface area (Å²) in [6, 6.07) is 8.98. The minimum Gasteiger partial charge on any atom is -0.497 e. The van der Waals surface area contributed by atoms with Crippen molar-refractivity contribution in [2.75, 3.05) is 57.0 Å². The molecule has 0 saturated heterocycles. The zero-order valence-corrected chi connectivity index (χ0v) is 14.9. The van der Waals surface area contributed by atoms with Gasteiger partial charge in [-0.3, -0.25) is 4.79 Å². The number of carbonyl (C=O) groups is 1. The predicted octanol–water partition coefficient (Wildman–Crippen LogP) is 1.89. The summed E-state index contributed by atoms with van der Waals surface area (Å²) in [5, 5.41) is 0. The molecule has 0 bridgehead atoms. The van der Waals surface area contributed by atoms with Crippen LogP contribution in [0.4, 0.5) is 17.5 Å². The topological polar surface area (TPSA) is 61.8 Å². The third-order valence-corrected chi connectivity index (χ3v) is 3.54. The number of anilines is 3. The molecule has 24 heavy (non-hydrogen) atoms. The summed E-state index contributed by atoms with van der Waals surface area (Å²) >= 11 is 0. The monoisotopic (exact) mass is 329 g/mol. The van der Waals surface area contributed by atoms with Gasteiger partial charge in [-0.25, -0.2) is 4.98 Å². The van der Waals surface area contributed by atoms with Crippen LogP contribution in [-0.2, 0) is 0 Å². The average Bonchev–Trinajstić information content (AvgIpc) is 2.60. The highest BCUT2D eigenvalue weighted by molar-refractivity contribution is 6.05. The summed E-state index contributed by atoms with van der Waals surface area (Å²) in [4.78, 5) is 26.8. The standard InChI is InChI=1S/C17H23N5O2/c1-20(2)15-11-14(18-17(19-15)21(3)4)16(23)22(5)12-7-9-13(24-6)10-8-12/h7-11H,1-6H3. The van der Waals surface area contributed by atoms with Crippen LogP contribution in [0.5, 0.6) is 5.75 Å². The van der Waals surface area contributed by atoms with Crippen molar-refractivity contribution >= 4 is 23.4 Å². The largest absolute Gasteiger partial charge is 0.497 e. The van der Waals surface area contributed by atoms with Crippen LogP contribution in [0.25, 0.3) is 0 Å². The van der Waals surface area contributed by atoms with Crippen molar-refractivity contribution in [3.8, 4) is 5.75 Å². The van der Waals surface area contributed by atoms with Gasteiger partial charge in [0.2, 0.25) is 5.95 Å². The van der Waals surface area contributed by atoms with Crippen LogP contribution < -0.4 is 19.4 Å². The molecule has 1 aromatic heterocycles. The molecule has 128 valence electrons. The highest BCUT2D eigenvalue weighted by atomic mass is 16.5. The van der Waals surface area contributed by atoms with Gasteiger partial charge in [-0.15, -0.1) is 0 Å². The Morgan fingerprint density at radius 3 is 2.08 bits per heavy atom. The van der Waals surface area contributed by atoms with Gasteiger partial charge in [-0.1, -0.05) is 0 Å². The number of amides is 1. The summed E-state index contributed by atoms with van der Waals surface area (Å²) in [6.07, 6.45) is 0. The number of methoxy groups -OCH3 is 1. The third kappa shape index (κ3) is 3.73. The Morgan fingerprint density at radius 1 is 0.958 bits per heavy atom. The lowest BCUT2D eigenvalue weighted by Gasteiger charge is -2.20. The molecule has 2 aromatic rings. The first-order valence-electron chi connectivity index (χ1n) is 7.49. The molecule has 0 N–H and O–H groups in total. The molecule has 0 unspecified atom stereocenters. The number of ether oxygens (including phenoxy) is 1. The smallest absolute Gasteiger partial charge is 0.276 e. The van der Waals surface area contributed by atoms with E-state index in [4.69, 9.17) is 4.74 Å². The van der Waals surface area contributed by atoms with Crippen molar-refractivity contribution in [1.82, 2.24) is 9.97 Å². The first-order chi connectivity index (χ1) is 11.3. The van der Waals surface area contributed by atoms with E-state index in [2.05, 4.69) is 9.97 Å². The van der Waals surface area contributed by atoms with Gasteiger partial charge in [-0.05, 0) is 24.3 Å². The first-order valence-corrected chi connectivity index (χ1v) is 7.49. The van der Waals surface area contributed by atoms with Crippen LogP contribution in [0.2, 0.25) is 0 Å². The highest BCUT2D eigenvalue weighted by Crippen LogP contribution is 2.21. The molecule has 7 nitrogen and oxygen atoms in total. The van der Waals surface area contributed by atoms with E-state index in [0.717, 1.165) is 11.4 Å². The molecule has 1 heterocycles. The van der Waals surface area contributed by atoms with Crippen molar-refractivity contribution in [1.29, 1.82) is 0 Å². The van der Waals surface area contributed by atoms with Gasteiger partial charge in [0.15, 0.2) is 0 Å². The zero-order chi connectivity index (χ0) is 17.9. The van der Waals surface area contributed by atoms with E-state index < -0.39 is 0 Å². The number of carbonyl (C=O) groups excluding carboxylic acids is 1. The highest BCUT2D eigenvalue weighted by Gasteiger charge is 2.18. The van der Waals surface area contributed by atoms with E-state index in [-0.39, 0.29) is 5.91 Å². The molecular formula is C17H23N5O2. The lowest BCUT2D eigenvalue weighted by molar-refractivity contribution is 0.0988. The fourth-order valence-corrected chi connectivity index (χ4v) is 2.06. The third-order valence-electron chi connectivity index (χ3n) is 3.54. The first kappa shape index (κ1) is 17.5. The number of aromatic nitrogens is 2. The van der Waals surface area contributed by atoms with Crippen molar-refractivity contribution in [3.63, 3.8) is 0 Å². The van der Waals surface area contributed by atoms with Crippen molar-refractivity contribution < 1.29 is 9.53 Å². The second-order valence-corrected chi connectivity index (χ2v) is 5.76. The molecule has 0 radical (unpaired) electrons. The summed E-state index contributed by atoms with van der Waals surface area (Å²) in [6.45, 7) is 0. The molecule has 0 fully saturated rings. The van der Waals surface area contributed by atoms with Crippen LogP contribution in [-0.4, -0.2) is 58.2 Å². The van der Waals surface area contributed by atoms with Crippen molar-refractivity contribution in [2.24, 2.45) is 0 Å². The van der Waals surface area contributed by atoms with Gasteiger partial charge in [0.25, 0.3) is 5.91 Å². The van der Waals surface area contributed by atoms with Crippen LogP contribution in [0.3, 0.4) is 0 Å². The molecule has 0 saturated carbocycles. The molecule has 1 amide bonds. The molecular weight excluding hydrogens is 306 g/mol. The van der Waals surface area contributed by atoms with E-state index in [1.54, 1.807) is 30.0 Å². The summed E-state index contributed by atoms with van der Waals surface area (Å²) < 4.78 is 5.14. The van der Waals surface area contributed by atoms with E-state index in [0.29, 0.717) is 17.5 Å². The molecule has 0 aliphatic rings. The number of nitrogens with zero attached hydrogens (tertiary/aromatic N) is 5. The lowest BCUT2D eigenvalue weighted by atomic mass is 10.2. The van der Waals surface area contributed by atoms with Gasteiger partial charge in [-0.2, -0.15) is 4.98 Å². The molecule has 1 aromatic carbocycles. The minimum atomic E-state index is -0.200. The Hall–Kier alpha value is -2.83. The maximum atomic E-state index is 12.8. The Bertz CT molecular complexity index is 687. The fraction of sp³-hybridized carbons (Fsp3) is 0.353. The van der Waals surface area contributed by atoms with Gasteiger partial charge in [0, 0.05) is 47.0 Å². The maximum Gasteiger partial charge on any atom is 0.276 e. The van der Waals surface area contributed by atoms with Gasteiger partial charge < -0.3 is 19.4 Å².